The summed E-state index contributed by atoms with van der Waals surface area (Å²) in [7, 11) is 0. The molecular formula is C5H3BrN4O. The Bertz CT molecular complexity index is 306. The maximum absolute atomic E-state index is 10.7. The van der Waals surface area contributed by atoms with Crippen molar-refractivity contribution in [3.63, 3.8) is 0 Å². The van der Waals surface area contributed by atoms with Gasteiger partial charge in [0.25, 0.3) is 0 Å². The highest BCUT2D eigenvalue weighted by Crippen LogP contribution is 2.08. The molecule has 0 fully saturated rings. The Hall–Kier alpha value is -1.04. The van der Waals surface area contributed by atoms with Crippen molar-refractivity contribution >= 4 is 38.6 Å². The van der Waals surface area contributed by atoms with Crippen LogP contribution in [0.3, 0.4) is 0 Å². The average Bonchev–Trinajstić information content (AvgIpc) is 2.27. The molecule has 2 rings (SSSR count). The molecule has 0 aromatic heterocycles. The van der Waals surface area contributed by atoms with Crippen LogP contribution in [-0.2, 0) is 0 Å². The third kappa shape index (κ3) is 1.09. The van der Waals surface area contributed by atoms with Gasteiger partial charge in [-0.3, -0.25) is 0 Å². The zero-order valence-corrected chi connectivity index (χ0v) is 6.87. The Labute approximate surface area is 70.5 Å². The molecule has 0 aromatic rings. The van der Waals surface area contributed by atoms with Crippen LogP contribution in [0.4, 0.5) is 4.79 Å². The van der Waals surface area contributed by atoms with Crippen molar-refractivity contribution in [3.8, 4) is 0 Å². The van der Waals surface area contributed by atoms with Crippen molar-refractivity contribution in [1.82, 2.24) is 5.32 Å². The molecule has 2 aliphatic heterocycles. The van der Waals surface area contributed by atoms with Crippen molar-refractivity contribution in [1.29, 1.82) is 0 Å². The molecule has 0 aliphatic carbocycles. The number of rotatable bonds is 0. The number of amides is 2. The molecule has 0 saturated heterocycles. The molecule has 1 unspecified atom stereocenters. The van der Waals surface area contributed by atoms with Gasteiger partial charge in [0.05, 0.1) is 6.21 Å². The lowest BCUT2D eigenvalue weighted by molar-refractivity contribution is 0.250. The zero-order chi connectivity index (χ0) is 7.84. The Morgan fingerprint density at radius 3 is 3.27 bits per heavy atom. The SMILES string of the molecule is O=C1N=C2N=CC(Br)=NC2N1. The lowest BCUT2D eigenvalue weighted by Crippen LogP contribution is -2.32. The van der Waals surface area contributed by atoms with Crippen molar-refractivity contribution in [3.05, 3.63) is 0 Å². The summed E-state index contributed by atoms with van der Waals surface area (Å²) in [5, 5.41) is 2.51. The largest absolute Gasteiger partial charge is 0.344 e. The smallest absolute Gasteiger partial charge is 0.308 e. The van der Waals surface area contributed by atoms with Crippen molar-refractivity contribution < 1.29 is 4.79 Å². The van der Waals surface area contributed by atoms with Crippen LogP contribution in [0.15, 0.2) is 15.0 Å². The number of carbonyl (C=O) groups is 1. The van der Waals surface area contributed by atoms with Crippen LogP contribution in [0.25, 0.3) is 0 Å². The van der Waals surface area contributed by atoms with Crippen LogP contribution in [0.2, 0.25) is 0 Å². The number of urea groups is 1. The van der Waals surface area contributed by atoms with Gasteiger partial charge in [0, 0.05) is 0 Å². The second-order valence-electron chi connectivity index (χ2n) is 2.03. The molecule has 0 radical (unpaired) electrons. The maximum Gasteiger partial charge on any atom is 0.344 e. The fraction of sp³-hybridized carbons (Fsp3) is 0.200. The van der Waals surface area contributed by atoms with Crippen molar-refractivity contribution in [2.24, 2.45) is 15.0 Å². The molecule has 2 amide bonds. The lowest BCUT2D eigenvalue weighted by atomic mass is 10.4. The minimum atomic E-state index is -0.387. The van der Waals surface area contributed by atoms with E-state index in [9.17, 15) is 4.79 Å². The summed E-state index contributed by atoms with van der Waals surface area (Å²) in [6.45, 7) is 0. The molecule has 0 bridgehead atoms. The first-order valence-corrected chi connectivity index (χ1v) is 3.71. The van der Waals surface area contributed by atoms with Crippen LogP contribution in [-0.4, -0.2) is 28.9 Å². The van der Waals surface area contributed by atoms with E-state index in [1.165, 1.54) is 6.21 Å². The van der Waals surface area contributed by atoms with Crippen LogP contribution in [0.5, 0.6) is 0 Å². The molecule has 1 N–H and O–H groups in total. The molecule has 0 aromatic carbocycles. The topological polar surface area (TPSA) is 66.2 Å². The fourth-order valence-corrected chi connectivity index (χ4v) is 1.15. The summed E-state index contributed by atoms with van der Waals surface area (Å²) in [5.41, 5.74) is 0. The first-order valence-electron chi connectivity index (χ1n) is 2.92. The molecular weight excluding hydrogens is 212 g/mol. The van der Waals surface area contributed by atoms with Crippen LogP contribution >= 0.6 is 15.9 Å². The molecule has 2 heterocycles. The normalized spacial score (nSPS) is 27.4. The van der Waals surface area contributed by atoms with Gasteiger partial charge in [0.2, 0.25) is 0 Å². The Kier molecular flexibility index (Phi) is 1.35. The Morgan fingerprint density at radius 1 is 1.64 bits per heavy atom. The van der Waals surface area contributed by atoms with E-state index in [1.54, 1.807) is 0 Å². The van der Waals surface area contributed by atoms with E-state index in [4.69, 9.17) is 0 Å². The number of nitrogens with zero attached hydrogens (tertiary/aromatic N) is 3. The summed E-state index contributed by atoms with van der Waals surface area (Å²) < 4.78 is 0.614. The fourth-order valence-electron chi connectivity index (χ4n) is 0.845. The number of nitrogens with one attached hydrogen (secondary N) is 1. The monoisotopic (exact) mass is 214 g/mol. The summed E-state index contributed by atoms with van der Waals surface area (Å²) in [5.74, 6) is 0.429. The van der Waals surface area contributed by atoms with E-state index >= 15 is 0 Å². The minimum absolute atomic E-state index is 0.381. The number of fused-ring (bicyclic) bond motifs is 1. The highest BCUT2D eigenvalue weighted by atomic mass is 79.9. The molecule has 5 nitrogen and oxygen atoms in total. The van der Waals surface area contributed by atoms with Gasteiger partial charge in [0.1, 0.15) is 4.62 Å². The highest BCUT2D eigenvalue weighted by molar-refractivity contribution is 9.19. The molecule has 2 aliphatic rings. The summed E-state index contributed by atoms with van der Waals surface area (Å²) in [6, 6.07) is -0.381. The zero-order valence-electron chi connectivity index (χ0n) is 5.28. The van der Waals surface area contributed by atoms with Crippen LogP contribution < -0.4 is 5.32 Å². The van der Waals surface area contributed by atoms with Gasteiger partial charge in [-0.25, -0.2) is 14.8 Å². The molecule has 0 saturated carbocycles. The molecule has 6 heteroatoms. The number of hydrogen-bond donors (Lipinski definition) is 1. The Balaban J connectivity index is 2.36. The van der Waals surface area contributed by atoms with Gasteiger partial charge in [0.15, 0.2) is 12.0 Å². The maximum atomic E-state index is 10.7. The summed E-state index contributed by atoms with van der Waals surface area (Å²) in [6.07, 6.45) is 1.12. The summed E-state index contributed by atoms with van der Waals surface area (Å²) in [4.78, 5) is 22.1. The van der Waals surface area contributed by atoms with E-state index in [0.717, 1.165) is 0 Å². The molecule has 56 valence electrons. The predicted octanol–water partition coefficient (Wildman–Crippen LogP) is 0.312. The van der Waals surface area contributed by atoms with Gasteiger partial charge >= 0.3 is 6.03 Å². The average molecular weight is 215 g/mol. The van der Waals surface area contributed by atoms with E-state index < -0.39 is 0 Å². The second-order valence-corrected chi connectivity index (χ2v) is 2.84. The van der Waals surface area contributed by atoms with Gasteiger partial charge < -0.3 is 5.32 Å². The predicted molar refractivity (Wildman–Crippen MR) is 44.6 cm³/mol. The number of hydrogen-bond acceptors (Lipinski definition) is 3. The lowest BCUT2D eigenvalue weighted by Gasteiger charge is -2.07. The number of carbonyl (C=O) groups excluding carboxylic acids is 1. The van der Waals surface area contributed by atoms with Crippen molar-refractivity contribution in [2.45, 2.75) is 6.17 Å². The van der Waals surface area contributed by atoms with E-state index in [2.05, 4.69) is 36.2 Å². The second kappa shape index (κ2) is 2.23. The number of halogens is 1. The standard InChI is InChI=1S/C5H3BrN4O/c6-2-1-7-3-4(8-2)10-5(11)9-3/h1,4H,(H,10,11). The number of amidine groups is 1. The van der Waals surface area contributed by atoms with Gasteiger partial charge in [-0.1, -0.05) is 0 Å². The van der Waals surface area contributed by atoms with Gasteiger partial charge in [-0.15, -0.1) is 0 Å². The van der Waals surface area contributed by atoms with Crippen LogP contribution in [0, 0.1) is 0 Å². The molecule has 11 heavy (non-hydrogen) atoms. The van der Waals surface area contributed by atoms with E-state index in [-0.39, 0.29) is 12.2 Å². The molecule has 0 spiro atoms. The van der Waals surface area contributed by atoms with Crippen LogP contribution in [0.1, 0.15) is 0 Å². The van der Waals surface area contributed by atoms with E-state index in [1.807, 2.05) is 0 Å². The first kappa shape index (κ1) is 6.66. The van der Waals surface area contributed by atoms with Gasteiger partial charge in [-0.05, 0) is 15.9 Å². The van der Waals surface area contributed by atoms with Gasteiger partial charge in [-0.2, -0.15) is 4.99 Å². The minimum Gasteiger partial charge on any atom is -0.308 e. The quantitative estimate of drug-likeness (QED) is 0.620. The third-order valence-corrected chi connectivity index (χ3v) is 1.69. The van der Waals surface area contributed by atoms with E-state index in [0.29, 0.717) is 10.5 Å². The first-order chi connectivity index (χ1) is 5.25. The summed E-state index contributed by atoms with van der Waals surface area (Å²) >= 11 is 3.14. The highest BCUT2D eigenvalue weighted by Gasteiger charge is 2.26. The third-order valence-electron chi connectivity index (χ3n) is 1.28. The molecule has 1 atom stereocenters. The number of aliphatic imine (C=N–C) groups is 3. The van der Waals surface area contributed by atoms with Crippen molar-refractivity contribution in [2.75, 3.05) is 0 Å². The Morgan fingerprint density at radius 2 is 2.45 bits per heavy atom.